The van der Waals surface area contributed by atoms with Gasteiger partial charge in [-0.1, -0.05) is 29.8 Å². The number of aryl methyl sites for hydroxylation is 2. The fraction of sp³-hybridized carbons (Fsp3) is 0.278. The number of rotatable bonds is 2. The fourth-order valence-electron chi connectivity index (χ4n) is 2.01. The second kappa shape index (κ2) is 8.44. The summed E-state index contributed by atoms with van der Waals surface area (Å²) in [5.74, 6) is 0. The summed E-state index contributed by atoms with van der Waals surface area (Å²) in [7, 11) is -1.27. The summed E-state index contributed by atoms with van der Waals surface area (Å²) in [4.78, 5) is 11.9. The summed E-state index contributed by atoms with van der Waals surface area (Å²) in [6, 6.07) is 6.81. The summed E-state index contributed by atoms with van der Waals surface area (Å²) < 4.78 is 24.4. The van der Waals surface area contributed by atoms with Crippen LogP contribution in [-0.2, 0) is 16.9 Å². The first-order valence-corrected chi connectivity index (χ1v) is 10.0. The van der Waals surface area contributed by atoms with Gasteiger partial charge in [0.1, 0.15) is 0 Å². The summed E-state index contributed by atoms with van der Waals surface area (Å²) in [6.07, 6.45) is 6.84. The van der Waals surface area contributed by atoms with E-state index in [0.29, 0.717) is 4.90 Å². The van der Waals surface area contributed by atoms with Crippen molar-refractivity contribution in [3.05, 3.63) is 68.1 Å². The molecule has 6 heteroatoms. The number of benzene rings is 1. The molecule has 130 valence electrons. The van der Waals surface area contributed by atoms with Crippen LogP contribution in [0.25, 0.3) is 6.08 Å². The third-order valence-electron chi connectivity index (χ3n) is 3.39. The molecule has 2 aromatic rings. The molecule has 0 bridgehead atoms. The molecule has 0 unspecified atom stereocenters. The smallest absolute Gasteiger partial charge is 0.253 e. The highest BCUT2D eigenvalue weighted by atomic mass is 79.9. The molecule has 0 N–H and O–H groups in total. The Morgan fingerprint density at radius 1 is 1.12 bits per heavy atom. The maximum Gasteiger partial charge on any atom is 0.253 e. The molecule has 4 nitrogen and oxygen atoms in total. The van der Waals surface area contributed by atoms with Crippen LogP contribution in [-0.4, -0.2) is 19.2 Å². The summed E-state index contributed by atoms with van der Waals surface area (Å²) in [6.45, 7) is 5.69. The number of nitrogens with zero attached hydrogens (tertiary/aromatic N) is 1. The Morgan fingerprint density at radius 3 is 2.12 bits per heavy atom. The maximum atomic E-state index is 11.5. The van der Waals surface area contributed by atoms with Crippen molar-refractivity contribution in [3.8, 4) is 0 Å². The lowest BCUT2D eigenvalue weighted by atomic mass is 10.1. The largest absolute Gasteiger partial charge is 0.317 e. The average Bonchev–Trinajstić information content (AvgIpc) is 2.50. The van der Waals surface area contributed by atoms with E-state index < -0.39 is 9.84 Å². The number of allylic oxidation sites excluding steroid dienone is 1. The molecule has 1 aromatic heterocycles. The first-order chi connectivity index (χ1) is 11.1. The minimum Gasteiger partial charge on any atom is -0.317 e. The number of pyridine rings is 1. The van der Waals surface area contributed by atoms with E-state index in [1.165, 1.54) is 6.26 Å². The third-order valence-corrected chi connectivity index (χ3v) is 5.15. The van der Waals surface area contributed by atoms with E-state index in [0.717, 1.165) is 21.2 Å². The van der Waals surface area contributed by atoms with Gasteiger partial charge in [0.15, 0.2) is 9.84 Å². The first kappa shape index (κ1) is 20.4. The van der Waals surface area contributed by atoms with E-state index in [1.807, 2.05) is 32.9 Å². The Hall–Kier alpha value is -1.66. The number of halogens is 1. The zero-order chi connectivity index (χ0) is 18.5. The van der Waals surface area contributed by atoms with Crippen LogP contribution >= 0.6 is 15.9 Å². The van der Waals surface area contributed by atoms with Crippen LogP contribution in [0.5, 0.6) is 0 Å². The Bertz CT molecular complexity index is 895. The minimum atomic E-state index is -3.02. The van der Waals surface area contributed by atoms with Crippen molar-refractivity contribution in [1.82, 2.24) is 4.57 Å². The van der Waals surface area contributed by atoms with Crippen molar-refractivity contribution in [2.45, 2.75) is 25.7 Å². The molecule has 2 rings (SSSR count). The van der Waals surface area contributed by atoms with Crippen molar-refractivity contribution in [1.29, 1.82) is 0 Å². The zero-order valence-electron chi connectivity index (χ0n) is 14.5. The predicted octanol–water partition coefficient (Wildman–Crippen LogP) is 3.89. The lowest BCUT2D eigenvalue weighted by molar-refractivity contribution is 0.602. The zero-order valence-corrected chi connectivity index (χ0v) is 16.9. The molecular formula is C18H22BrNO3S. The van der Waals surface area contributed by atoms with Gasteiger partial charge in [0.25, 0.3) is 5.56 Å². The van der Waals surface area contributed by atoms with Crippen LogP contribution in [0.4, 0.5) is 0 Å². The minimum absolute atomic E-state index is 0.0521. The van der Waals surface area contributed by atoms with Gasteiger partial charge in [0, 0.05) is 29.5 Å². The molecule has 0 aliphatic carbocycles. The van der Waals surface area contributed by atoms with Crippen molar-refractivity contribution >= 4 is 31.8 Å². The monoisotopic (exact) mass is 411 g/mol. The van der Waals surface area contributed by atoms with Gasteiger partial charge in [0.2, 0.25) is 0 Å². The van der Waals surface area contributed by atoms with Crippen LogP contribution < -0.4 is 5.56 Å². The van der Waals surface area contributed by atoms with E-state index in [4.69, 9.17) is 0 Å². The molecule has 0 atom stereocenters. The van der Waals surface area contributed by atoms with Crippen molar-refractivity contribution in [3.63, 3.8) is 0 Å². The molecule has 0 aliphatic heterocycles. The summed E-state index contributed by atoms with van der Waals surface area (Å²) in [5, 5.41) is 0. The van der Waals surface area contributed by atoms with Gasteiger partial charge in [-0.05, 0) is 54.4 Å². The molecule has 0 saturated heterocycles. The van der Waals surface area contributed by atoms with Crippen LogP contribution in [0, 0.1) is 13.8 Å². The highest BCUT2D eigenvalue weighted by molar-refractivity contribution is 9.10. The van der Waals surface area contributed by atoms with Gasteiger partial charge in [0.05, 0.1) is 4.90 Å². The lowest BCUT2D eigenvalue weighted by Gasteiger charge is -2.05. The third kappa shape index (κ3) is 5.46. The summed E-state index contributed by atoms with van der Waals surface area (Å²) in [5.41, 5.74) is 2.86. The molecule has 24 heavy (non-hydrogen) atoms. The number of sulfone groups is 1. The Morgan fingerprint density at radius 2 is 1.67 bits per heavy atom. The lowest BCUT2D eigenvalue weighted by Crippen LogP contribution is -2.19. The standard InChI is InChI=1S/C10H12BrNO.C8H10O2S/c1-4-5-8-7(2)10(13)12(3)6-9(8)11;1-7-3-5-8(6-4-7)11(2,9)10/h4-6H,1-3H3;3-6H,1-2H3/b5-4-;. The molecule has 1 heterocycles. The van der Waals surface area contributed by atoms with Crippen LogP contribution in [0.2, 0.25) is 0 Å². The van der Waals surface area contributed by atoms with E-state index >= 15 is 0 Å². The highest BCUT2D eigenvalue weighted by Crippen LogP contribution is 2.18. The molecule has 0 amide bonds. The second-order valence-electron chi connectivity index (χ2n) is 5.52. The maximum absolute atomic E-state index is 11.5. The van der Waals surface area contributed by atoms with Crippen LogP contribution in [0.1, 0.15) is 23.6 Å². The second-order valence-corrected chi connectivity index (χ2v) is 8.39. The first-order valence-electron chi connectivity index (χ1n) is 7.33. The number of aromatic nitrogens is 1. The molecule has 0 aliphatic rings. The van der Waals surface area contributed by atoms with E-state index in [1.54, 1.807) is 42.1 Å². The molecule has 0 spiro atoms. The van der Waals surface area contributed by atoms with Crippen molar-refractivity contribution in [2.75, 3.05) is 6.26 Å². The van der Waals surface area contributed by atoms with Gasteiger partial charge in [-0.3, -0.25) is 4.79 Å². The molecular weight excluding hydrogens is 390 g/mol. The SMILES string of the molecule is C/C=C\c1c(Br)cn(C)c(=O)c1C.Cc1ccc(S(C)(=O)=O)cc1. The van der Waals surface area contributed by atoms with E-state index in [2.05, 4.69) is 15.9 Å². The Balaban J connectivity index is 0.000000243. The predicted molar refractivity (Wildman–Crippen MR) is 103 cm³/mol. The fourth-order valence-corrected chi connectivity index (χ4v) is 3.38. The van der Waals surface area contributed by atoms with Crippen LogP contribution in [0.3, 0.4) is 0 Å². The Kier molecular flexibility index (Phi) is 7.17. The summed E-state index contributed by atoms with van der Waals surface area (Å²) >= 11 is 3.42. The van der Waals surface area contributed by atoms with Gasteiger partial charge in [-0.15, -0.1) is 0 Å². The van der Waals surface area contributed by atoms with E-state index in [-0.39, 0.29) is 5.56 Å². The average molecular weight is 412 g/mol. The number of hydrogen-bond acceptors (Lipinski definition) is 3. The topological polar surface area (TPSA) is 56.1 Å². The molecule has 1 aromatic carbocycles. The molecule has 0 radical (unpaired) electrons. The quantitative estimate of drug-likeness (QED) is 0.752. The molecule has 0 fully saturated rings. The molecule has 0 saturated carbocycles. The highest BCUT2D eigenvalue weighted by Gasteiger charge is 2.05. The van der Waals surface area contributed by atoms with Gasteiger partial charge >= 0.3 is 0 Å². The Labute approximate surface area is 151 Å². The number of hydrogen-bond donors (Lipinski definition) is 0. The van der Waals surface area contributed by atoms with Gasteiger partial charge in [-0.25, -0.2) is 8.42 Å². The van der Waals surface area contributed by atoms with Crippen molar-refractivity contribution < 1.29 is 8.42 Å². The van der Waals surface area contributed by atoms with Gasteiger partial charge < -0.3 is 4.57 Å². The normalized spacial score (nSPS) is 11.2. The van der Waals surface area contributed by atoms with E-state index in [9.17, 15) is 13.2 Å². The van der Waals surface area contributed by atoms with Crippen molar-refractivity contribution in [2.24, 2.45) is 7.05 Å². The van der Waals surface area contributed by atoms with Crippen LogP contribution in [0.15, 0.2) is 50.7 Å². The van der Waals surface area contributed by atoms with Gasteiger partial charge in [-0.2, -0.15) is 0 Å².